The summed E-state index contributed by atoms with van der Waals surface area (Å²) in [5, 5.41) is 3.34. The van der Waals surface area contributed by atoms with Gasteiger partial charge in [0.05, 0.1) is 7.11 Å². The van der Waals surface area contributed by atoms with E-state index < -0.39 is 5.54 Å². The highest BCUT2D eigenvalue weighted by molar-refractivity contribution is 5.80. The van der Waals surface area contributed by atoms with Crippen molar-refractivity contribution < 1.29 is 9.53 Å². The third-order valence-electron chi connectivity index (χ3n) is 3.20. The number of hydrogen-bond donors (Lipinski definition) is 1. The SMILES string of the molecule is COC(=O)C(C)(CCCN(C)CC(C)(C)C)NC(C)C. The molecule has 0 aromatic rings. The molecule has 20 heavy (non-hydrogen) atoms. The Morgan fingerprint density at radius 2 is 1.80 bits per heavy atom. The summed E-state index contributed by atoms with van der Waals surface area (Å²) in [4.78, 5) is 14.3. The molecule has 0 fully saturated rings. The van der Waals surface area contributed by atoms with Crippen LogP contribution in [0.1, 0.15) is 54.4 Å². The Hall–Kier alpha value is -0.610. The second-order valence-electron chi connectivity index (χ2n) is 7.52. The Balaban J connectivity index is 4.38. The van der Waals surface area contributed by atoms with Crippen LogP contribution in [0.4, 0.5) is 0 Å². The first-order valence-corrected chi connectivity index (χ1v) is 7.55. The average Bonchev–Trinajstić information content (AvgIpc) is 2.24. The van der Waals surface area contributed by atoms with Crippen molar-refractivity contribution in [2.24, 2.45) is 5.41 Å². The number of hydrogen-bond acceptors (Lipinski definition) is 4. The van der Waals surface area contributed by atoms with E-state index in [-0.39, 0.29) is 12.0 Å². The van der Waals surface area contributed by atoms with Gasteiger partial charge in [0.1, 0.15) is 5.54 Å². The molecule has 0 spiro atoms. The van der Waals surface area contributed by atoms with Crippen LogP contribution in [0.5, 0.6) is 0 Å². The molecular formula is C16H34N2O2. The van der Waals surface area contributed by atoms with E-state index in [1.54, 1.807) is 0 Å². The van der Waals surface area contributed by atoms with Gasteiger partial charge in [-0.05, 0) is 52.6 Å². The first-order valence-electron chi connectivity index (χ1n) is 7.55. The number of esters is 1. The topological polar surface area (TPSA) is 41.6 Å². The molecule has 4 nitrogen and oxygen atoms in total. The van der Waals surface area contributed by atoms with Gasteiger partial charge >= 0.3 is 5.97 Å². The van der Waals surface area contributed by atoms with E-state index in [9.17, 15) is 4.79 Å². The fourth-order valence-corrected chi connectivity index (χ4v) is 2.69. The highest BCUT2D eigenvalue weighted by Crippen LogP contribution is 2.18. The summed E-state index contributed by atoms with van der Waals surface area (Å²) in [7, 11) is 3.59. The molecule has 4 heteroatoms. The van der Waals surface area contributed by atoms with E-state index in [2.05, 4.69) is 38.0 Å². The molecule has 1 atom stereocenters. The summed E-state index contributed by atoms with van der Waals surface area (Å²) in [6, 6.07) is 0.256. The number of carbonyl (C=O) groups excluding carboxylic acids is 1. The molecule has 0 aliphatic carbocycles. The van der Waals surface area contributed by atoms with E-state index in [1.807, 2.05) is 20.8 Å². The average molecular weight is 286 g/mol. The van der Waals surface area contributed by atoms with Crippen LogP contribution in [0.25, 0.3) is 0 Å². The van der Waals surface area contributed by atoms with Gasteiger partial charge in [0.2, 0.25) is 0 Å². The van der Waals surface area contributed by atoms with Gasteiger partial charge in [-0.2, -0.15) is 0 Å². The van der Waals surface area contributed by atoms with Gasteiger partial charge in [-0.1, -0.05) is 20.8 Å². The quantitative estimate of drug-likeness (QED) is 0.697. The molecule has 0 rings (SSSR count). The van der Waals surface area contributed by atoms with Crippen LogP contribution in [-0.2, 0) is 9.53 Å². The van der Waals surface area contributed by atoms with Gasteiger partial charge in [-0.15, -0.1) is 0 Å². The van der Waals surface area contributed by atoms with Gasteiger partial charge in [0.15, 0.2) is 0 Å². The van der Waals surface area contributed by atoms with E-state index in [1.165, 1.54) is 7.11 Å². The van der Waals surface area contributed by atoms with E-state index >= 15 is 0 Å². The fraction of sp³-hybridized carbons (Fsp3) is 0.938. The van der Waals surface area contributed by atoms with Crippen LogP contribution in [0, 0.1) is 5.41 Å². The largest absolute Gasteiger partial charge is 0.468 e. The normalized spacial score (nSPS) is 15.5. The van der Waals surface area contributed by atoms with Crippen molar-refractivity contribution in [2.75, 3.05) is 27.2 Å². The first kappa shape index (κ1) is 19.4. The Labute approximate surface area is 125 Å². The third-order valence-corrected chi connectivity index (χ3v) is 3.20. The van der Waals surface area contributed by atoms with Crippen molar-refractivity contribution in [2.45, 2.75) is 66.0 Å². The number of nitrogens with zero attached hydrogens (tertiary/aromatic N) is 1. The number of ether oxygens (including phenoxy) is 1. The lowest BCUT2D eigenvalue weighted by molar-refractivity contribution is -0.148. The Bertz CT molecular complexity index is 297. The number of rotatable bonds is 8. The van der Waals surface area contributed by atoms with Gasteiger partial charge < -0.3 is 9.64 Å². The van der Waals surface area contributed by atoms with Crippen molar-refractivity contribution in [1.29, 1.82) is 0 Å². The summed E-state index contributed by atoms with van der Waals surface area (Å²) < 4.78 is 4.94. The smallest absolute Gasteiger partial charge is 0.325 e. The van der Waals surface area contributed by atoms with Crippen LogP contribution in [-0.4, -0.2) is 49.7 Å². The van der Waals surface area contributed by atoms with Gasteiger partial charge in [0, 0.05) is 12.6 Å². The molecule has 1 unspecified atom stereocenters. The number of methoxy groups -OCH3 is 1. The highest BCUT2D eigenvalue weighted by Gasteiger charge is 2.34. The van der Waals surface area contributed by atoms with E-state index in [0.717, 1.165) is 25.9 Å². The van der Waals surface area contributed by atoms with Crippen LogP contribution in [0.3, 0.4) is 0 Å². The van der Waals surface area contributed by atoms with Crippen molar-refractivity contribution in [1.82, 2.24) is 10.2 Å². The van der Waals surface area contributed by atoms with E-state index in [4.69, 9.17) is 4.74 Å². The lowest BCUT2D eigenvalue weighted by atomic mass is 9.93. The maximum Gasteiger partial charge on any atom is 0.325 e. The van der Waals surface area contributed by atoms with Crippen molar-refractivity contribution in [3.05, 3.63) is 0 Å². The van der Waals surface area contributed by atoms with Crippen LogP contribution in [0.15, 0.2) is 0 Å². The minimum atomic E-state index is -0.592. The molecule has 1 N–H and O–H groups in total. The molecule has 0 aliphatic rings. The molecule has 0 heterocycles. The van der Waals surface area contributed by atoms with Crippen molar-refractivity contribution in [3.8, 4) is 0 Å². The Kier molecular flexibility index (Phi) is 7.74. The zero-order valence-electron chi connectivity index (χ0n) is 14.7. The molecule has 0 aromatic heterocycles. The zero-order chi connectivity index (χ0) is 16.0. The molecule has 0 saturated carbocycles. The summed E-state index contributed by atoms with van der Waals surface area (Å²) in [6.07, 6.45) is 1.75. The molecule has 0 aliphatic heterocycles. The summed E-state index contributed by atoms with van der Waals surface area (Å²) in [5.74, 6) is -0.176. The summed E-state index contributed by atoms with van der Waals surface area (Å²) >= 11 is 0. The maximum absolute atomic E-state index is 12.0. The molecule has 120 valence electrons. The molecular weight excluding hydrogens is 252 g/mol. The van der Waals surface area contributed by atoms with Gasteiger partial charge in [-0.3, -0.25) is 10.1 Å². The minimum Gasteiger partial charge on any atom is -0.468 e. The van der Waals surface area contributed by atoms with Crippen molar-refractivity contribution >= 4 is 5.97 Å². The molecule has 0 saturated heterocycles. The Morgan fingerprint density at radius 3 is 2.20 bits per heavy atom. The zero-order valence-corrected chi connectivity index (χ0v) is 14.7. The predicted octanol–water partition coefficient (Wildman–Crippen LogP) is 2.67. The summed E-state index contributed by atoms with van der Waals surface area (Å²) in [6.45, 7) is 14.8. The predicted molar refractivity (Wildman–Crippen MR) is 84.9 cm³/mol. The monoisotopic (exact) mass is 286 g/mol. The molecule has 0 radical (unpaired) electrons. The molecule has 0 aromatic carbocycles. The van der Waals surface area contributed by atoms with Crippen LogP contribution in [0.2, 0.25) is 0 Å². The lowest BCUT2D eigenvalue weighted by Gasteiger charge is -2.32. The second-order valence-corrected chi connectivity index (χ2v) is 7.52. The summed E-state index contributed by atoms with van der Waals surface area (Å²) in [5.41, 5.74) is -0.290. The standard InChI is InChI=1S/C16H34N2O2/c1-13(2)17-16(6,14(19)20-8)10-9-11-18(7)12-15(3,4)5/h13,17H,9-12H2,1-8H3. The fourth-order valence-electron chi connectivity index (χ4n) is 2.69. The number of carbonyl (C=O) groups is 1. The van der Waals surface area contributed by atoms with E-state index in [0.29, 0.717) is 5.41 Å². The van der Waals surface area contributed by atoms with Gasteiger partial charge in [-0.25, -0.2) is 0 Å². The highest BCUT2D eigenvalue weighted by atomic mass is 16.5. The second kappa shape index (κ2) is 7.99. The van der Waals surface area contributed by atoms with Crippen LogP contribution < -0.4 is 5.32 Å². The Morgan fingerprint density at radius 1 is 1.25 bits per heavy atom. The van der Waals surface area contributed by atoms with Gasteiger partial charge in [0.25, 0.3) is 0 Å². The number of nitrogens with one attached hydrogen (secondary N) is 1. The maximum atomic E-state index is 12.0. The van der Waals surface area contributed by atoms with Crippen LogP contribution >= 0.6 is 0 Å². The lowest BCUT2D eigenvalue weighted by Crippen LogP contribution is -2.53. The third kappa shape index (κ3) is 7.85. The van der Waals surface area contributed by atoms with Crippen molar-refractivity contribution in [3.63, 3.8) is 0 Å². The molecule has 0 bridgehead atoms. The molecule has 0 amide bonds. The first-order chi connectivity index (χ1) is 9.00. The minimum absolute atomic E-state index is 0.176.